The van der Waals surface area contributed by atoms with E-state index in [1.807, 2.05) is 60.7 Å². The number of thiocarbonyl (C=S) groups is 1. The number of anilines is 2. The maximum Gasteiger partial charge on any atom is 0.250 e. The van der Waals surface area contributed by atoms with Gasteiger partial charge in [0.1, 0.15) is 6.61 Å². The Balaban J connectivity index is 1.62. The number of halogens is 1. The Hall–Kier alpha value is -3.72. The molecule has 9 heteroatoms. The van der Waals surface area contributed by atoms with Gasteiger partial charge in [0, 0.05) is 52.3 Å². The Morgan fingerprint density at radius 1 is 1.05 bits per heavy atom. The van der Waals surface area contributed by atoms with Crippen molar-refractivity contribution in [1.29, 1.82) is 0 Å². The maximum atomic E-state index is 12.0. The smallest absolute Gasteiger partial charge is 0.250 e. The normalized spacial score (nSPS) is 16.8. The monoisotopic (exact) mass is 559 g/mol. The molecule has 1 amide bonds. The van der Waals surface area contributed by atoms with E-state index in [0.717, 1.165) is 28.5 Å². The van der Waals surface area contributed by atoms with Gasteiger partial charge >= 0.3 is 0 Å². The first-order valence-electron chi connectivity index (χ1n) is 12.6. The molecule has 200 valence electrons. The SMILES string of the molecule is COCC(=O)Nc1ccc(N2C(=S)N[C@@H](c3ccccn3)[C@H]2c2c(C)c(C)n(-c3cccc(Cl)c3)c2C)cc1. The summed E-state index contributed by atoms with van der Waals surface area (Å²) in [5, 5.41) is 7.69. The molecule has 0 saturated carbocycles. The van der Waals surface area contributed by atoms with Crippen LogP contribution < -0.4 is 15.5 Å². The van der Waals surface area contributed by atoms with E-state index in [1.165, 1.54) is 18.2 Å². The van der Waals surface area contributed by atoms with Crippen LogP contribution >= 0.6 is 23.8 Å². The molecule has 1 fully saturated rings. The van der Waals surface area contributed by atoms with Crippen molar-refractivity contribution < 1.29 is 9.53 Å². The number of amides is 1. The van der Waals surface area contributed by atoms with E-state index in [9.17, 15) is 4.79 Å². The van der Waals surface area contributed by atoms with Crippen LogP contribution in [-0.2, 0) is 9.53 Å². The van der Waals surface area contributed by atoms with Gasteiger partial charge in [-0.05, 0) is 93.1 Å². The number of hydrogen-bond donors (Lipinski definition) is 2. The van der Waals surface area contributed by atoms with Gasteiger partial charge in [-0.25, -0.2) is 0 Å². The first-order valence-corrected chi connectivity index (χ1v) is 13.4. The van der Waals surface area contributed by atoms with E-state index in [1.54, 1.807) is 6.20 Å². The van der Waals surface area contributed by atoms with Crippen LogP contribution in [0.4, 0.5) is 11.4 Å². The molecule has 0 spiro atoms. The number of ether oxygens (including phenoxy) is 1. The molecule has 5 rings (SSSR count). The number of carbonyl (C=O) groups is 1. The quantitative estimate of drug-likeness (QED) is 0.262. The van der Waals surface area contributed by atoms with Crippen LogP contribution in [0.1, 0.15) is 40.3 Å². The molecule has 4 aromatic rings. The van der Waals surface area contributed by atoms with Gasteiger partial charge in [-0.2, -0.15) is 0 Å². The Labute approximate surface area is 238 Å². The molecule has 0 bridgehead atoms. The fourth-order valence-electron chi connectivity index (χ4n) is 5.40. The van der Waals surface area contributed by atoms with Crippen LogP contribution in [0.15, 0.2) is 72.9 Å². The summed E-state index contributed by atoms with van der Waals surface area (Å²) in [5.41, 5.74) is 8.11. The van der Waals surface area contributed by atoms with Gasteiger partial charge in [0.2, 0.25) is 5.91 Å². The lowest BCUT2D eigenvalue weighted by atomic mass is 9.93. The lowest BCUT2D eigenvalue weighted by molar-refractivity contribution is -0.119. The summed E-state index contributed by atoms with van der Waals surface area (Å²) in [7, 11) is 1.49. The van der Waals surface area contributed by atoms with Crippen LogP contribution in [0.5, 0.6) is 0 Å². The number of carbonyl (C=O) groups excluding carboxylic acids is 1. The Morgan fingerprint density at radius 2 is 1.82 bits per heavy atom. The van der Waals surface area contributed by atoms with Gasteiger partial charge in [0.25, 0.3) is 0 Å². The fourth-order valence-corrected chi connectivity index (χ4v) is 5.93. The lowest BCUT2D eigenvalue weighted by Crippen LogP contribution is -2.29. The maximum absolute atomic E-state index is 12.0. The molecule has 7 nitrogen and oxygen atoms in total. The fraction of sp³-hybridized carbons (Fsp3) is 0.233. The van der Waals surface area contributed by atoms with Gasteiger partial charge < -0.3 is 24.8 Å². The standard InChI is InChI=1S/C30H30ClN5O2S/c1-18-19(2)35(24-9-7-8-21(31)16-24)20(3)27(18)29-28(25-10-5-6-15-32-25)34-30(39)36(29)23-13-11-22(12-14-23)33-26(37)17-38-4/h5-16,28-29H,17H2,1-4H3,(H,33,37)(H,34,39)/t28-,29+/m0/s1. The molecule has 3 heterocycles. The molecule has 1 aliphatic rings. The first kappa shape index (κ1) is 26.9. The van der Waals surface area contributed by atoms with E-state index < -0.39 is 0 Å². The van der Waals surface area contributed by atoms with Crippen LogP contribution in [0.25, 0.3) is 5.69 Å². The van der Waals surface area contributed by atoms with E-state index in [0.29, 0.717) is 15.8 Å². The lowest BCUT2D eigenvalue weighted by Gasteiger charge is -2.29. The van der Waals surface area contributed by atoms with Gasteiger partial charge in [0.05, 0.1) is 17.8 Å². The van der Waals surface area contributed by atoms with E-state index >= 15 is 0 Å². The molecule has 0 aliphatic carbocycles. The average molecular weight is 560 g/mol. The average Bonchev–Trinajstić information content (AvgIpc) is 3.37. The van der Waals surface area contributed by atoms with Gasteiger partial charge in [-0.3, -0.25) is 9.78 Å². The van der Waals surface area contributed by atoms with Crippen molar-refractivity contribution in [2.24, 2.45) is 0 Å². The predicted octanol–water partition coefficient (Wildman–Crippen LogP) is 6.21. The van der Waals surface area contributed by atoms with Crippen molar-refractivity contribution in [3.63, 3.8) is 0 Å². The number of pyridine rings is 1. The molecule has 0 unspecified atom stereocenters. The van der Waals surface area contributed by atoms with Crippen LogP contribution in [0, 0.1) is 20.8 Å². The largest absolute Gasteiger partial charge is 0.375 e. The molecular weight excluding hydrogens is 530 g/mol. The second-order valence-electron chi connectivity index (χ2n) is 9.55. The summed E-state index contributed by atoms with van der Waals surface area (Å²) in [4.78, 5) is 18.8. The number of benzene rings is 2. The predicted molar refractivity (Wildman–Crippen MR) is 160 cm³/mol. The highest BCUT2D eigenvalue weighted by Crippen LogP contribution is 2.45. The van der Waals surface area contributed by atoms with E-state index in [2.05, 4.69) is 51.9 Å². The number of nitrogens with one attached hydrogen (secondary N) is 2. The third-order valence-corrected chi connectivity index (χ3v) is 7.72. The summed E-state index contributed by atoms with van der Waals surface area (Å²) >= 11 is 12.3. The highest BCUT2D eigenvalue weighted by atomic mass is 35.5. The van der Waals surface area contributed by atoms with Crippen molar-refractivity contribution >= 4 is 46.2 Å². The topological polar surface area (TPSA) is 71.4 Å². The van der Waals surface area contributed by atoms with Gasteiger partial charge in [-0.15, -0.1) is 0 Å². The van der Waals surface area contributed by atoms with Crippen molar-refractivity contribution in [3.05, 3.63) is 106 Å². The Morgan fingerprint density at radius 3 is 2.49 bits per heavy atom. The summed E-state index contributed by atoms with van der Waals surface area (Å²) in [6.07, 6.45) is 1.80. The molecular formula is C30H30ClN5O2S. The van der Waals surface area contributed by atoms with Gasteiger partial charge in [-0.1, -0.05) is 23.7 Å². The Bertz CT molecular complexity index is 1520. The minimum atomic E-state index is -0.208. The number of hydrogen-bond acceptors (Lipinski definition) is 4. The Kier molecular flexibility index (Phi) is 7.70. The van der Waals surface area contributed by atoms with E-state index in [4.69, 9.17) is 28.6 Å². The third-order valence-electron chi connectivity index (χ3n) is 7.17. The number of nitrogens with zero attached hydrogens (tertiary/aromatic N) is 3. The summed E-state index contributed by atoms with van der Waals surface area (Å²) in [5.74, 6) is -0.208. The molecule has 2 aromatic carbocycles. The second-order valence-corrected chi connectivity index (χ2v) is 10.4. The van der Waals surface area contributed by atoms with Gasteiger partial charge in [0.15, 0.2) is 5.11 Å². The minimum Gasteiger partial charge on any atom is -0.375 e. The van der Waals surface area contributed by atoms with Crippen molar-refractivity contribution in [1.82, 2.24) is 14.9 Å². The molecule has 2 aromatic heterocycles. The number of methoxy groups -OCH3 is 1. The summed E-state index contributed by atoms with van der Waals surface area (Å²) in [6, 6.07) is 21.2. The molecule has 1 saturated heterocycles. The molecule has 0 radical (unpaired) electrons. The van der Waals surface area contributed by atoms with E-state index in [-0.39, 0.29) is 24.6 Å². The third kappa shape index (κ3) is 5.15. The zero-order valence-corrected chi connectivity index (χ0v) is 23.8. The minimum absolute atomic E-state index is 0.00275. The highest BCUT2D eigenvalue weighted by molar-refractivity contribution is 7.80. The first-order chi connectivity index (χ1) is 18.8. The number of aromatic nitrogens is 2. The molecule has 1 aliphatic heterocycles. The zero-order chi connectivity index (χ0) is 27.7. The van der Waals surface area contributed by atoms with Crippen molar-refractivity contribution in [3.8, 4) is 5.69 Å². The summed E-state index contributed by atoms with van der Waals surface area (Å²) in [6.45, 7) is 6.42. The molecule has 39 heavy (non-hydrogen) atoms. The molecule has 2 atom stereocenters. The number of rotatable bonds is 7. The summed E-state index contributed by atoms with van der Waals surface area (Å²) < 4.78 is 7.17. The zero-order valence-electron chi connectivity index (χ0n) is 22.2. The van der Waals surface area contributed by atoms with Crippen LogP contribution in [-0.4, -0.2) is 34.3 Å². The second kappa shape index (κ2) is 11.2. The van der Waals surface area contributed by atoms with Crippen molar-refractivity contribution in [2.45, 2.75) is 32.9 Å². The van der Waals surface area contributed by atoms with Crippen LogP contribution in [0.3, 0.4) is 0 Å². The molecule has 2 N–H and O–H groups in total. The van der Waals surface area contributed by atoms with Crippen molar-refractivity contribution in [2.75, 3.05) is 23.9 Å². The van der Waals surface area contributed by atoms with Crippen LogP contribution in [0.2, 0.25) is 5.02 Å². The highest BCUT2D eigenvalue weighted by Gasteiger charge is 2.43.